The number of carbonyl (C=O) groups excluding carboxylic acids is 1. The summed E-state index contributed by atoms with van der Waals surface area (Å²) in [5, 5.41) is 2.19. The number of hydrogen-bond donors (Lipinski definition) is 2. The maximum absolute atomic E-state index is 12.8. The molecule has 0 unspecified atom stereocenters. The van der Waals surface area contributed by atoms with Crippen LogP contribution in [0.25, 0.3) is 0 Å². The van der Waals surface area contributed by atoms with Gasteiger partial charge in [-0.25, -0.2) is 8.78 Å². The first kappa shape index (κ1) is 19.6. The van der Waals surface area contributed by atoms with E-state index in [0.29, 0.717) is 12.8 Å². The van der Waals surface area contributed by atoms with E-state index in [9.17, 15) is 13.6 Å². The number of amides is 1. The van der Waals surface area contributed by atoms with Gasteiger partial charge in [-0.15, -0.1) is 12.4 Å². The summed E-state index contributed by atoms with van der Waals surface area (Å²) in [6.07, 6.45) is 1.53. The van der Waals surface area contributed by atoms with Crippen molar-refractivity contribution in [2.75, 3.05) is 20.2 Å². The van der Waals surface area contributed by atoms with Gasteiger partial charge in [0.2, 0.25) is 5.91 Å². The van der Waals surface area contributed by atoms with Crippen LogP contribution < -0.4 is 15.8 Å². The predicted molar refractivity (Wildman–Crippen MR) is 80.2 cm³/mol. The number of aryl methyl sites for hydroxylation is 1. The summed E-state index contributed by atoms with van der Waals surface area (Å²) in [6, 6.07) is 7.52. The van der Waals surface area contributed by atoms with Crippen molar-refractivity contribution in [1.82, 2.24) is 5.32 Å². The van der Waals surface area contributed by atoms with Crippen LogP contribution in [0.3, 0.4) is 0 Å². The van der Waals surface area contributed by atoms with Crippen molar-refractivity contribution in [3.63, 3.8) is 0 Å². The Bertz CT molecular complexity index is 427. The molecule has 0 bridgehead atoms. The molecule has 0 radical (unpaired) electrons. The fourth-order valence-corrected chi connectivity index (χ4v) is 1.63. The van der Waals surface area contributed by atoms with Gasteiger partial charge in [-0.2, -0.15) is 0 Å². The van der Waals surface area contributed by atoms with Crippen molar-refractivity contribution < 1.29 is 18.3 Å². The first-order valence-electron chi connectivity index (χ1n) is 6.44. The molecule has 0 aliphatic rings. The third-order valence-corrected chi connectivity index (χ3v) is 2.87. The van der Waals surface area contributed by atoms with Crippen LogP contribution >= 0.6 is 12.4 Å². The number of nitrogens with one attached hydrogen (secondary N) is 1. The topological polar surface area (TPSA) is 64.3 Å². The van der Waals surface area contributed by atoms with Crippen molar-refractivity contribution in [1.29, 1.82) is 0 Å². The van der Waals surface area contributed by atoms with Crippen LogP contribution in [-0.4, -0.2) is 32.0 Å². The minimum absolute atomic E-state index is 0. The van der Waals surface area contributed by atoms with E-state index in [1.54, 1.807) is 7.11 Å². The van der Waals surface area contributed by atoms with Crippen LogP contribution in [-0.2, 0) is 11.2 Å². The second-order valence-corrected chi connectivity index (χ2v) is 4.54. The molecule has 0 spiro atoms. The minimum atomic E-state index is -3.04. The zero-order valence-corrected chi connectivity index (χ0v) is 12.7. The van der Waals surface area contributed by atoms with Gasteiger partial charge in [0.1, 0.15) is 5.75 Å². The Morgan fingerprint density at radius 2 is 1.95 bits per heavy atom. The van der Waals surface area contributed by atoms with E-state index >= 15 is 0 Å². The average Bonchev–Trinajstić information content (AvgIpc) is 2.46. The number of alkyl halides is 2. The highest BCUT2D eigenvalue weighted by atomic mass is 35.5. The van der Waals surface area contributed by atoms with E-state index in [0.717, 1.165) is 11.3 Å². The summed E-state index contributed by atoms with van der Waals surface area (Å²) >= 11 is 0. The number of methoxy groups -OCH3 is 1. The summed E-state index contributed by atoms with van der Waals surface area (Å²) in [4.78, 5) is 11.4. The van der Waals surface area contributed by atoms with Crippen molar-refractivity contribution in [3.05, 3.63) is 29.8 Å². The Morgan fingerprint density at radius 1 is 1.33 bits per heavy atom. The fraction of sp³-hybridized carbons (Fsp3) is 0.500. The first-order chi connectivity index (χ1) is 9.46. The molecule has 21 heavy (non-hydrogen) atoms. The summed E-state index contributed by atoms with van der Waals surface area (Å²) in [6.45, 7) is -1.47. The van der Waals surface area contributed by atoms with Gasteiger partial charge in [0.15, 0.2) is 0 Å². The maximum Gasteiger partial charge on any atom is 0.277 e. The molecular weight excluding hydrogens is 302 g/mol. The Balaban J connectivity index is 0.00000400. The molecule has 0 saturated heterocycles. The number of rotatable bonds is 8. The number of ether oxygens (including phenoxy) is 1. The molecule has 0 saturated carbocycles. The van der Waals surface area contributed by atoms with E-state index in [4.69, 9.17) is 10.5 Å². The van der Waals surface area contributed by atoms with Crippen LogP contribution in [0.4, 0.5) is 8.78 Å². The quantitative estimate of drug-likeness (QED) is 0.771. The molecule has 0 fully saturated rings. The normalized spacial score (nSPS) is 10.7. The zero-order chi connectivity index (χ0) is 15.0. The predicted octanol–water partition coefficient (Wildman–Crippen LogP) is 2.15. The molecule has 3 N–H and O–H groups in total. The number of carbonyl (C=O) groups is 1. The SMILES string of the molecule is COc1ccc(CCCC(=O)NCC(F)(F)CN)cc1.Cl. The summed E-state index contributed by atoms with van der Waals surface area (Å²) < 4.78 is 30.7. The smallest absolute Gasteiger partial charge is 0.277 e. The van der Waals surface area contributed by atoms with Gasteiger partial charge < -0.3 is 15.8 Å². The van der Waals surface area contributed by atoms with Crippen LogP contribution in [0, 0.1) is 0 Å². The lowest BCUT2D eigenvalue weighted by atomic mass is 10.1. The second kappa shape index (κ2) is 9.52. The molecule has 7 heteroatoms. The highest BCUT2D eigenvalue weighted by Gasteiger charge is 2.26. The molecular formula is C14H21ClF2N2O2. The minimum Gasteiger partial charge on any atom is -0.497 e. The third kappa shape index (κ3) is 7.82. The Kier molecular flexibility index (Phi) is 8.89. The highest BCUT2D eigenvalue weighted by molar-refractivity contribution is 5.85. The van der Waals surface area contributed by atoms with Gasteiger partial charge in [0, 0.05) is 6.42 Å². The zero-order valence-electron chi connectivity index (χ0n) is 11.9. The van der Waals surface area contributed by atoms with Crippen molar-refractivity contribution in [3.8, 4) is 5.75 Å². The second-order valence-electron chi connectivity index (χ2n) is 4.54. The molecule has 0 heterocycles. The van der Waals surface area contributed by atoms with E-state index < -0.39 is 19.0 Å². The summed E-state index contributed by atoms with van der Waals surface area (Å²) in [7, 11) is 1.59. The summed E-state index contributed by atoms with van der Waals surface area (Å²) in [5.41, 5.74) is 5.96. The molecule has 0 atom stereocenters. The van der Waals surface area contributed by atoms with Crippen molar-refractivity contribution >= 4 is 18.3 Å². The lowest BCUT2D eigenvalue weighted by Crippen LogP contribution is -2.41. The van der Waals surface area contributed by atoms with Crippen LogP contribution in [0.15, 0.2) is 24.3 Å². The van der Waals surface area contributed by atoms with Gasteiger partial charge in [-0.3, -0.25) is 4.79 Å². The Morgan fingerprint density at radius 3 is 2.48 bits per heavy atom. The van der Waals surface area contributed by atoms with Crippen LogP contribution in [0.2, 0.25) is 0 Å². The van der Waals surface area contributed by atoms with Gasteiger partial charge in [0.05, 0.1) is 20.2 Å². The molecule has 1 aromatic carbocycles. The average molecular weight is 323 g/mol. The Hall–Kier alpha value is -1.40. The monoisotopic (exact) mass is 322 g/mol. The number of nitrogens with two attached hydrogens (primary N) is 1. The van der Waals surface area contributed by atoms with E-state index in [-0.39, 0.29) is 24.7 Å². The molecule has 0 aromatic heterocycles. The van der Waals surface area contributed by atoms with Gasteiger partial charge >= 0.3 is 0 Å². The number of benzene rings is 1. The molecule has 4 nitrogen and oxygen atoms in total. The van der Waals surface area contributed by atoms with E-state index in [2.05, 4.69) is 5.32 Å². The number of hydrogen-bond acceptors (Lipinski definition) is 3. The van der Waals surface area contributed by atoms with Gasteiger partial charge in [-0.05, 0) is 30.5 Å². The highest BCUT2D eigenvalue weighted by Crippen LogP contribution is 2.13. The maximum atomic E-state index is 12.8. The van der Waals surface area contributed by atoms with Crippen LogP contribution in [0.5, 0.6) is 5.75 Å². The van der Waals surface area contributed by atoms with E-state index in [1.165, 1.54) is 0 Å². The van der Waals surface area contributed by atoms with Crippen molar-refractivity contribution in [2.24, 2.45) is 5.73 Å². The van der Waals surface area contributed by atoms with Gasteiger partial charge in [0.25, 0.3) is 5.92 Å². The largest absolute Gasteiger partial charge is 0.497 e. The van der Waals surface area contributed by atoms with Crippen molar-refractivity contribution in [2.45, 2.75) is 25.2 Å². The fourth-order valence-electron chi connectivity index (χ4n) is 1.63. The Labute approximate surface area is 129 Å². The molecule has 0 aliphatic heterocycles. The number of halogens is 3. The first-order valence-corrected chi connectivity index (χ1v) is 6.44. The van der Waals surface area contributed by atoms with Gasteiger partial charge in [-0.1, -0.05) is 12.1 Å². The third-order valence-electron chi connectivity index (χ3n) is 2.87. The molecule has 120 valence electrons. The lowest BCUT2D eigenvalue weighted by Gasteiger charge is -2.14. The summed E-state index contributed by atoms with van der Waals surface area (Å²) in [5.74, 6) is -2.65. The molecule has 0 aliphatic carbocycles. The lowest BCUT2D eigenvalue weighted by molar-refractivity contribution is -0.122. The molecule has 1 rings (SSSR count). The van der Waals surface area contributed by atoms with Crippen LogP contribution in [0.1, 0.15) is 18.4 Å². The molecule has 1 aromatic rings. The van der Waals surface area contributed by atoms with E-state index in [1.807, 2.05) is 24.3 Å². The molecule has 1 amide bonds. The standard InChI is InChI=1S/C14H20F2N2O2.ClH/c1-20-12-7-5-11(6-8-12)3-2-4-13(19)18-10-14(15,16)9-17;/h5-8H,2-4,9-10,17H2,1H3,(H,18,19);1H.